The van der Waals surface area contributed by atoms with Crippen molar-refractivity contribution < 1.29 is 17.6 Å². The van der Waals surface area contributed by atoms with E-state index in [2.05, 4.69) is 10.3 Å². The zero-order valence-corrected chi connectivity index (χ0v) is 11.4. The quantitative estimate of drug-likeness (QED) is 0.657. The molecule has 8 heteroatoms. The normalized spacial score (nSPS) is 11.9. The van der Waals surface area contributed by atoms with Gasteiger partial charge in [0.15, 0.2) is 0 Å². The number of thiocarbonyl (C=S) groups is 1. The maximum atomic E-state index is 12.9. The number of fused-ring (bicyclic) bond motifs is 1. The van der Waals surface area contributed by atoms with Gasteiger partial charge >= 0.3 is 12.3 Å². The maximum Gasteiger partial charge on any atom is 0.324 e. The third kappa shape index (κ3) is 3.38. The second-order valence-electron chi connectivity index (χ2n) is 4.35. The van der Waals surface area contributed by atoms with Gasteiger partial charge in [-0.05, 0) is 12.1 Å². The lowest BCUT2D eigenvalue weighted by atomic mass is 10.1. The Labute approximate surface area is 123 Å². The monoisotopic (exact) mass is 317 g/mol. The maximum absolute atomic E-state index is 12.9. The summed E-state index contributed by atoms with van der Waals surface area (Å²) in [5.41, 5.74) is 6.51. The Balaban J connectivity index is 2.35. The lowest BCUT2D eigenvalue weighted by Gasteiger charge is -2.17. The summed E-state index contributed by atoms with van der Waals surface area (Å²) in [4.78, 5) is 4.14. The van der Waals surface area contributed by atoms with Crippen LogP contribution in [0.3, 0.4) is 0 Å². The van der Waals surface area contributed by atoms with Crippen molar-refractivity contribution in [3.05, 3.63) is 35.9 Å². The number of nitrogens with one attached hydrogen (secondary N) is 1. The van der Waals surface area contributed by atoms with E-state index in [4.69, 9.17) is 18.0 Å². The molecule has 0 aliphatic carbocycles. The molecule has 3 nitrogen and oxygen atoms in total. The Morgan fingerprint density at radius 2 is 2.00 bits per heavy atom. The number of hydrogen-bond donors (Lipinski definition) is 2. The molecule has 0 radical (unpaired) electrons. The van der Waals surface area contributed by atoms with E-state index in [9.17, 15) is 17.6 Å². The molecule has 21 heavy (non-hydrogen) atoms. The Bertz CT molecular complexity index is 676. The molecule has 0 atom stereocenters. The highest BCUT2D eigenvalue weighted by atomic mass is 32.1. The Hall–Kier alpha value is -1.96. The third-order valence-electron chi connectivity index (χ3n) is 2.81. The molecule has 1 aromatic heterocycles. The van der Waals surface area contributed by atoms with Crippen LogP contribution in [0.25, 0.3) is 10.9 Å². The van der Waals surface area contributed by atoms with Gasteiger partial charge in [-0.2, -0.15) is 8.78 Å². The molecule has 0 fully saturated rings. The predicted octanol–water partition coefficient (Wildman–Crippen LogP) is 3.18. The van der Waals surface area contributed by atoms with Crippen LogP contribution in [0.4, 0.5) is 23.4 Å². The van der Waals surface area contributed by atoms with E-state index >= 15 is 0 Å². The first kappa shape index (κ1) is 15.4. The number of para-hydroxylation sites is 1. The van der Waals surface area contributed by atoms with E-state index in [-0.39, 0.29) is 10.8 Å². The summed E-state index contributed by atoms with van der Waals surface area (Å²) in [5.74, 6) is -4.13. The zero-order chi connectivity index (χ0) is 15.6. The fourth-order valence-electron chi connectivity index (χ4n) is 1.76. The van der Waals surface area contributed by atoms with Crippen LogP contribution in [0.2, 0.25) is 0 Å². The minimum absolute atomic E-state index is 0.0109. The smallest absolute Gasteiger partial charge is 0.324 e. The molecule has 2 rings (SSSR count). The Morgan fingerprint density at radius 1 is 1.33 bits per heavy atom. The molecule has 2 aromatic rings. The SMILES string of the molecule is NC(=S)c1cc(NCC(F)(F)C(F)F)nc2ccccc12. The molecule has 0 unspecified atom stereocenters. The van der Waals surface area contributed by atoms with E-state index in [1.165, 1.54) is 6.07 Å². The van der Waals surface area contributed by atoms with Crippen molar-refractivity contribution in [2.75, 3.05) is 11.9 Å². The highest BCUT2D eigenvalue weighted by Crippen LogP contribution is 2.25. The highest BCUT2D eigenvalue weighted by Gasteiger charge is 2.40. The molecule has 0 aliphatic heterocycles. The van der Waals surface area contributed by atoms with Crippen molar-refractivity contribution >= 4 is 33.9 Å². The number of nitrogens with two attached hydrogens (primary N) is 1. The van der Waals surface area contributed by atoms with E-state index in [0.29, 0.717) is 16.5 Å². The fraction of sp³-hybridized carbons (Fsp3) is 0.231. The van der Waals surface area contributed by atoms with Gasteiger partial charge < -0.3 is 11.1 Å². The lowest BCUT2D eigenvalue weighted by molar-refractivity contribution is -0.117. The van der Waals surface area contributed by atoms with Crippen molar-refractivity contribution in [1.29, 1.82) is 0 Å². The van der Waals surface area contributed by atoms with Crippen LogP contribution in [0.15, 0.2) is 30.3 Å². The van der Waals surface area contributed by atoms with E-state index in [1.54, 1.807) is 24.3 Å². The number of rotatable bonds is 5. The molecule has 0 aliphatic rings. The van der Waals surface area contributed by atoms with Gasteiger partial charge in [-0.25, -0.2) is 13.8 Å². The van der Waals surface area contributed by atoms with E-state index in [1.807, 2.05) is 0 Å². The van der Waals surface area contributed by atoms with Crippen molar-refractivity contribution in [3.63, 3.8) is 0 Å². The van der Waals surface area contributed by atoms with Gasteiger partial charge in [-0.15, -0.1) is 0 Å². The fourth-order valence-corrected chi connectivity index (χ4v) is 1.92. The first-order valence-electron chi connectivity index (χ1n) is 5.90. The summed E-state index contributed by atoms with van der Waals surface area (Å²) in [6.07, 6.45) is -3.75. The van der Waals surface area contributed by atoms with Gasteiger partial charge in [-0.1, -0.05) is 30.4 Å². The van der Waals surface area contributed by atoms with Crippen LogP contribution < -0.4 is 11.1 Å². The van der Waals surface area contributed by atoms with Crippen LogP contribution in [-0.2, 0) is 0 Å². The second-order valence-corrected chi connectivity index (χ2v) is 4.79. The number of alkyl halides is 4. The number of hydrogen-bond acceptors (Lipinski definition) is 3. The molecule has 112 valence electrons. The molecule has 3 N–H and O–H groups in total. The number of benzene rings is 1. The standard InChI is InChI=1S/C13H11F4N3S/c14-12(15)13(16,17)6-19-10-5-8(11(18)21)7-3-1-2-4-9(7)20-10/h1-5,12H,6H2,(H2,18,21)(H,19,20). The van der Waals surface area contributed by atoms with E-state index < -0.39 is 18.9 Å². The van der Waals surface area contributed by atoms with Gasteiger partial charge in [0.2, 0.25) is 0 Å². The van der Waals surface area contributed by atoms with Crippen LogP contribution in [-0.4, -0.2) is 28.9 Å². The molecule has 0 saturated heterocycles. The summed E-state index contributed by atoms with van der Waals surface area (Å²) in [7, 11) is 0. The van der Waals surface area contributed by atoms with Crippen LogP contribution in [0.1, 0.15) is 5.56 Å². The summed E-state index contributed by atoms with van der Waals surface area (Å²) >= 11 is 4.90. The number of anilines is 1. The van der Waals surface area contributed by atoms with Crippen LogP contribution in [0, 0.1) is 0 Å². The average molecular weight is 317 g/mol. The number of nitrogens with zero attached hydrogens (tertiary/aromatic N) is 1. The Morgan fingerprint density at radius 3 is 2.62 bits per heavy atom. The van der Waals surface area contributed by atoms with Crippen molar-refractivity contribution in [2.45, 2.75) is 12.3 Å². The predicted molar refractivity (Wildman–Crippen MR) is 77.1 cm³/mol. The molecule has 0 amide bonds. The van der Waals surface area contributed by atoms with E-state index in [0.717, 1.165) is 0 Å². The van der Waals surface area contributed by atoms with Gasteiger partial charge in [-0.3, -0.25) is 0 Å². The number of halogens is 4. The molecule has 0 saturated carbocycles. The summed E-state index contributed by atoms with van der Waals surface area (Å²) in [6, 6.07) is 8.20. The largest absolute Gasteiger partial charge is 0.389 e. The number of aromatic nitrogens is 1. The Kier molecular flexibility index (Phi) is 4.26. The first-order chi connectivity index (χ1) is 9.81. The minimum atomic E-state index is -4.14. The van der Waals surface area contributed by atoms with Gasteiger partial charge in [0.05, 0.1) is 12.1 Å². The molecular formula is C13H11F4N3S. The lowest BCUT2D eigenvalue weighted by Crippen LogP contribution is -2.35. The van der Waals surface area contributed by atoms with Gasteiger partial charge in [0.25, 0.3) is 0 Å². The highest BCUT2D eigenvalue weighted by molar-refractivity contribution is 7.80. The van der Waals surface area contributed by atoms with Crippen LogP contribution >= 0.6 is 12.2 Å². The van der Waals surface area contributed by atoms with Crippen molar-refractivity contribution in [2.24, 2.45) is 5.73 Å². The summed E-state index contributed by atoms with van der Waals surface area (Å²) in [5, 5.41) is 2.86. The molecule has 1 heterocycles. The molecule has 0 bridgehead atoms. The van der Waals surface area contributed by atoms with Gasteiger partial charge in [0, 0.05) is 10.9 Å². The first-order valence-corrected chi connectivity index (χ1v) is 6.31. The number of pyridine rings is 1. The second kappa shape index (κ2) is 5.80. The zero-order valence-electron chi connectivity index (χ0n) is 10.6. The minimum Gasteiger partial charge on any atom is -0.389 e. The topological polar surface area (TPSA) is 50.9 Å². The summed E-state index contributed by atoms with van der Waals surface area (Å²) < 4.78 is 50.1. The average Bonchev–Trinajstić information content (AvgIpc) is 2.44. The van der Waals surface area contributed by atoms with Crippen molar-refractivity contribution in [3.8, 4) is 0 Å². The molecule has 1 aromatic carbocycles. The van der Waals surface area contributed by atoms with Crippen molar-refractivity contribution in [1.82, 2.24) is 4.98 Å². The van der Waals surface area contributed by atoms with Crippen LogP contribution in [0.5, 0.6) is 0 Å². The summed E-state index contributed by atoms with van der Waals surface area (Å²) in [6.45, 7) is -1.23. The third-order valence-corrected chi connectivity index (χ3v) is 3.03. The molecular weight excluding hydrogens is 306 g/mol. The van der Waals surface area contributed by atoms with Gasteiger partial charge in [0.1, 0.15) is 10.8 Å². The molecule has 0 spiro atoms.